The smallest absolute Gasteiger partial charge is 0.397 e. The predicted molar refractivity (Wildman–Crippen MR) is 96.3 cm³/mol. The molecular formula is C19H15F3N4O2. The lowest BCUT2D eigenvalue weighted by molar-refractivity contribution is -0.152. The second-order valence-electron chi connectivity index (χ2n) is 5.77. The number of carbonyl (C=O) groups excluding carboxylic acids is 1. The zero-order valence-electron chi connectivity index (χ0n) is 14.4. The van der Waals surface area contributed by atoms with E-state index in [-0.39, 0.29) is 5.82 Å². The van der Waals surface area contributed by atoms with Gasteiger partial charge in [-0.2, -0.15) is 13.2 Å². The third kappa shape index (κ3) is 5.04. The Kier molecular flexibility index (Phi) is 5.55. The van der Waals surface area contributed by atoms with Crippen LogP contribution in [0, 0.1) is 0 Å². The monoisotopic (exact) mass is 388 g/mol. The van der Waals surface area contributed by atoms with Crippen molar-refractivity contribution in [3.63, 3.8) is 0 Å². The number of hydrogen-bond acceptors (Lipinski definition) is 5. The number of anilines is 1. The minimum Gasteiger partial charge on any atom is -0.457 e. The molecular weight excluding hydrogens is 373 g/mol. The largest absolute Gasteiger partial charge is 0.457 e. The highest BCUT2D eigenvalue weighted by molar-refractivity contribution is 5.91. The summed E-state index contributed by atoms with van der Waals surface area (Å²) >= 11 is 0. The van der Waals surface area contributed by atoms with Crippen LogP contribution in [0.1, 0.15) is 6.42 Å². The molecule has 1 heterocycles. The molecule has 6 nitrogen and oxygen atoms in total. The van der Waals surface area contributed by atoms with E-state index in [4.69, 9.17) is 10.6 Å². The first-order chi connectivity index (χ1) is 13.3. The van der Waals surface area contributed by atoms with Gasteiger partial charge in [0.15, 0.2) is 5.82 Å². The number of nitrogens with zero attached hydrogens (tertiary/aromatic N) is 3. The number of ether oxygens (including phenoxy) is 1. The number of nitrogens with two attached hydrogens (primary N) is 1. The molecule has 2 N–H and O–H groups in total. The Bertz CT molecular complexity index is 930. The van der Waals surface area contributed by atoms with Gasteiger partial charge in [0.05, 0.1) is 5.69 Å². The third-order valence-electron chi connectivity index (χ3n) is 3.65. The highest BCUT2D eigenvalue weighted by Gasteiger charge is 2.33. The van der Waals surface area contributed by atoms with Gasteiger partial charge >= 0.3 is 6.18 Å². The van der Waals surface area contributed by atoms with Crippen LogP contribution in [0.4, 0.5) is 19.0 Å². The van der Waals surface area contributed by atoms with Gasteiger partial charge in [0, 0.05) is 5.56 Å². The summed E-state index contributed by atoms with van der Waals surface area (Å²) in [4.78, 5) is 11.5. The summed E-state index contributed by atoms with van der Waals surface area (Å²) in [6.07, 6.45) is -6.32. The Hall–Kier alpha value is -3.46. The molecule has 0 fully saturated rings. The van der Waals surface area contributed by atoms with Crippen LogP contribution in [-0.2, 0) is 4.79 Å². The van der Waals surface area contributed by atoms with E-state index in [0.29, 0.717) is 27.8 Å². The molecule has 9 heteroatoms. The van der Waals surface area contributed by atoms with E-state index in [0.717, 1.165) is 0 Å². The standard InChI is InChI=1S/C19H15F3N4O2/c20-19(21,22)12-18(27)26(23)17-11-10-16(24-25-17)13-6-8-15(9-7-13)28-14-4-2-1-3-5-14/h1-11H,12,23H2. The van der Waals surface area contributed by atoms with Crippen LogP contribution < -0.4 is 15.6 Å². The molecule has 3 rings (SSSR count). The van der Waals surface area contributed by atoms with Gasteiger partial charge in [0.1, 0.15) is 17.9 Å². The summed E-state index contributed by atoms with van der Waals surface area (Å²) in [5, 5.41) is 7.98. The van der Waals surface area contributed by atoms with Crippen molar-refractivity contribution in [2.24, 2.45) is 5.84 Å². The molecule has 0 aliphatic carbocycles. The molecule has 0 aliphatic heterocycles. The lowest BCUT2D eigenvalue weighted by Gasteiger charge is -2.16. The van der Waals surface area contributed by atoms with Gasteiger partial charge in [0.25, 0.3) is 5.91 Å². The van der Waals surface area contributed by atoms with Crippen LogP contribution in [0.25, 0.3) is 11.3 Å². The van der Waals surface area contributed by atoms with Crippen molar-refractivity contribution in [3.8, 4) is 22.8 Å². The lowest BCUT2D eigenvalue weighted by atomic mass is 10.1. The Morgan fingerprint density at radius 1 is 0.929 bits per heavy atom. The molecule has 0 aliphatic rings. The molecule has 144 valence electrons. The number of amides is 1. The van der Waals surface area contributed by atoms with Crippen molar-refractivity contribution in [2.45, 2.75) is 12.6 Å². The molecule has 28 heavy (non-hydrogen) atoms. The number of aromatic nitrogens is 2. The Morgan fingerprint density at radius 3 is 2.14 bits per heavy atom. The van der Waals surface area contributed by atoms with E-state index in [1.54, 1.807) is 24.3 Å². The van der Waals surface area contributed by atoms with Crippen LogP contribution >= 0.6 is 0 Å². The zero-order chi connectivity index (χ0) is 20.1. The minimum absolute atomic E-state index is 0.179. The van der Waals surface area contributed by atoms with Crippen molar-refractivity contribution < 1.29 is 22.7 Å². The van der Waals surface area contributed by atoms with Crippen molar-refractivity contribution in [3.05, 3.63) is 66.7 Å². The van der Waals surface area contributed by atoms with E-state index in [1.807, 2.05) is 30.3 Å². The average Bonchev–Trinajstić information content (AvgIpc) is 2.68. The summed E-state index contributed by atoms with van der Waals surface area (Å²) in [5.74, 6) is 5.22. The van der Waals surface area contributed by atoms with E-state index >= 15 is 0 Å². The van der Waals surface area contributed by atoms with Crippen LogP contribution in [0.5, 0.6) is 11.5 Å². The van der Waals surface area contributed by atoms with E-state index in [1.165, 1.54) is 12.1 Å². The number of hydrazine groups is 1. The summed E-state index contributed by atoms with van der Waals surface area (Å²) in [7, 11) is 0. The average molecular weight is 388 g/mol. The Morgan fingerprint density at radius 2 is 1.57 bits per heavy atom. The normalized spacial score (nSPS) is 11.1. The van der Waals surface area contributed by atoms with Gasteiger partial charge in [-0.15, -0.1) is 10.2 Å². The first-order valence-corrected chi connectivity index (χ1v) is 8.13. The van der Waals surface area contributed by atoms with Crippen LogP contribution in [-0.4, -0.2) is 22.3 Å². The molecule has 0 unspecified atom stereocenters. The van der Waals surface area contributed by atoms with Gasteiger partial charge in [-0.05, 0) is 48.5 Å². The predicted octanol–water partition coefficient (Wildman–Crippen LogP) is 4.10. The fraction of sp³-hybridized carbons (Fsp3) is 0.105. The number of hydrogen-bond donors (Lipinski definition) is 1. The third-order valence-corrected chi connectivity index (χ3v) is 3.65. The number of alkyl halides is 3. The zero-order valence-corrected chi connectivity index (χ0v) is 14.4. The Labute approximate surface area is 158 Å². The minimum atomic E-state index is -4.65. The second kappa shape index (κ2) is 8.05. The highest BCUT2D eigenvalue weighted by atomic mass is 19.4. The molecule has 0 saturated heterocycles. The number of para-hydroxylation sites is 1. The van der Waals surface area contributed by atoms with Gasteiger partial charge in [0.2, 0.25) is 0 Å². The quantitative estimate of drug-likeness (QED) is 0.404. The fourth-order valence-corrected chi connectivity index (χ4v) is 2.31. The van der Waals surface area contributed by atoms with Crippen LogP contribution in [0.2, 0.25) is 0 Å². The number of benzene rings is 2. The molecule has 0 radical (unpaired) electrons. The SMILES string of the molecule is NN(C(=O)CC(F)(F)F)c1ccc(-c2ccc(Oc3ccccc3)cc2)nn1. The lowest BCUT2D eigenvalue weighted by Crippen LogP contribution is -2.40. The number of carbonyl (C=O) groups is 1. The van der Waals surface area contributed by atoms with Crippen molar-refractivity contribution in [1.29, 1.82) is 0 Å². The maximum Gasteiger partial charge on any atom is 0.397 e. The van der Waals surface area contributed by atoms with Crippen molar-refractivity contribution in [1.82, 2.24) is 10.2 Å². The molecule has 0 saturated carbocycles. The maximum atomic E-state index is 12.3. The van der Waals surface area contributed by atoms with Gasteiger partial charge in [-0.3, -0.25) is 4.79 Å². The molecule has 0 bridgehead atoms. The highest BCUT2D eigenvalue weighted by Crippen LogP contribution is 2.25. The maximum absolute atomic E-state index is 12.3. The summed E-state index contributed by atoms with van der Waals surface area (Å²) < 4.78 is 42.6. The topological polar surface area (TPSA) is 81.3 Å². The van der Waals surface area contributed by atoms with Crippen molar-refractivity contribution >= 4 is 11.7 Å². The first kappa shape index (κ1) is 19.3. The second-order valence-corrected chi connectivity index (χ2v) is 5.77. The molecule has 0 spiro atoms. The summed E-state index contributed by atoms with van der Waals surface area (Å²) in [6, 6.07) is 19.1. The molecule has 0 atom stereocenters. The fourth-order valence-electron chi connectivity index (χ4n) is 2.31. The molecule has 2 aromatic carbocycles. The van der Waals surface area contributed by atoms with Gasteiger partial charge < -0.3 is 4.74 Å². The number of halogens is 3. The van der Waals surface area contributed by atoms with Crippen LogP contribution in [0.15, 0.2) is 66.7 Å². The Balaban J connectivity index is 1.68. The van der Waals surface area contributed by atoms with Crippen molar-refractivity contribution in [2.75, 3.05) is 5.01 Å². The first-order valence-electron chi connectivity index (χ1n) is 8.13. The van der Waals surface area contributed by atoms with E-state index < -0.39 is 18.5 Å². The summed E-state index contributed by atoms with van der Waals surface area (Å²) in [5.41, 5.74) is 1.18. The van der Waals surface area contributed by atoms with Gasteiger partial charge in [-0.1, -0.05) is 18.2 Å². The molecule has 3 aromatic rings. The summed E-state index contributed by atoms with van der Waals surface area (Å²) in [6.45, 7) is 0. The number of rotatable bonds is 5. The molecule has 1 amide bonds. The molecule has 1 aromatic heterocycles. The van der Waals surface area contributed by atoms with Crippen LogP contribution in [0.3, 0.4) is 0 Å². The van der Waals surface area contributed by atoms with E-state index in [2.05, 4.69) is 10.2 Å². The van der Waals surface area contributed by atoms with Gasteiger partial charge in [-0.25, -0.2) is 10.9 Å². The van der Waals surface area contributed by atoms with E-state index in [9.17, 15) is 18.0 Å².